The van der Waals surface area contributed by atoms with Crippen molar-refractivity contribution in [1.82, 2.24) is 10.2 Å². The Morgan fingerprint density at radius 1 is 0.912 bits per heavy atom. The summed E-state index contributed by atoms with van der Waals surface area (Å²) in [4.78, 5) is 12.3. The van der Waals surface area contributed by atoms with Crippen LogP contribution in [0.4, 0.5) is 4.39 Å². The van der Waals surface area contributed by atoms with Gasteiger partial charge in [0, 0.05) is 11.6 Å². The van der Waals surface area contributed by atoms with E-state index in [0.717, 1.165) is 35.9 Å². The normalized spacial score (nSPS) is 10.6. The van der Waals surface area contributed by atoms with Gasteiger partial charge in [0.15, 0.2) is 0 Å². The van der Waals surface area contributed by atoms with Crippen LogP contribution in [-0.4, -0.2) is 16.2 Å². The molecule has 0 saturated carbocycles. The quantitative estimate of drug-likeness (QED) is 0.165. The molecule has 0 radical (unpaired) electrons. The standard InChI is InChI=1S/C28H30FN3O2/c1-2-3-4-5-6-7-8-9-10-24-16-18-27(32-31-24)21-11-13-22(14-12-21)28(33)34-25-17-15-23(20-30)26(29)19-25/h11-19H,2-10H2,1H3. The maximum atomic E-state index is 13.7. The number of halogens is 1. The number of rotatable bonds is 12. The van der Waals surface area contributed by atoms with Crippen molar-refractivity contribution < 1.29 is 13.9 Å². The minimum atomic E-state index is -0.729. The van der Waals surface area contributed by atoms with Gasteiger partial charge < -0.3 is 4.74 Å². The van der Waals surface area contributed by atoms with Crippen molar-refractivity contribution in [3.8, 4) is 23.1 Å². The summed E-state index contributed by atoms with van der Waals surface area (Å²) in [6.07, 6.45) is 11.2. The fraction of sp³-hybridized carbons (Fsp3) is 0.357. The van der Waals surface area contributed by atoms with Gasteiger partial charge in [0.1, 0.15) is 17.6 Å². The van der Waals surface area contributed by atoms with Gasteiger partial charge in [-0.05, 0) is 49.2 Å². The zero-order valence-electron chi connectivity index (χ0n) is 19.6. The molecule has 0 spiro atoms. The minimum absolute atomic E-state index is 0.0449. The fourth-order valence-corrected chi connectivity index (χ4v) is 3.68. The third-order valence-corrected chi connectivity index (χ3v) is 5.69. The average molecular weight is 460 g/mol. The van der Waals surface area contributed by atoms with Gasteiger partial charge in [0.25, 0.3) is 0 Å². The molecule has 2 aromatic carbocycles. The first-order chi connectivity index (χ1) is 16.6. The molecule has 3 aromatic rings. The Kier molecular flexibility index (Phi) is 9.72. The average Bonchev–Trinajstić information content (AvgIpc) is 2.86. The van der Waals surface area contributed by atoms with Crippen LogP contribution in [0, 0.1) is 17.1 Å². The maximum Gasteiger partial charge on any atom is 0.343 e. The molecule has 0 amide bonds. The van der Waals surface area contributed by atoms with Crippen LogP contribution >= 0.6 is 0 Å². The monoisotopic (exact) mass is 459 g/mol. The lowest BCUT2D eigenvalue weighted by molar-refractivity contribution is 0.0734. The highest BCUT2D eigenvalue weighted by atomic mass is 19.1. The van der Waals surface area contributed by atoms with Crippen molar-refractivity contribution in [2.45, 2.75) is 64.7 Å². The Morgan fingerprint density at radius 3 is 2.24 bits per heavy atom. The van der Waals surface area contributed by atoms with E-state index in [9.17, 15) is 9.18 Å². The smallest absolute Gasteiger partial charge is 0.343 e. The molecule has 176 valence electrons. The van der Waals surface area contributed by atoms with Gasteiger partial charge in [0.2, 0.25) is 0 Å². The lowest BCUT2D eigenvalue weighted by atomic mass is 10.1. The summed E-state index contributed by atoms with van der Waals surface area (Å²) in [7, 11) is 0. The molecule has 6 heteroatoms. The number of ether oxygens (including phenoxy) is 1. The topological polar surface area (TPSA) is 75.9 Å². The molecular formula is C28H30FN3O2. The van der Waals surface area contributed by atoms with Gasteiger partial charge in [0.05, 0.1) is 22.5 Å². The predicted molar refractivity (Wildman–Crippen MR) is 130 cm³/mol. The molecule has 5 nitrogen and oxygen atoms in total. The highest BCUT2D eigenvalue weighted by molar-refractivity contribution is 5.91. The Balaban J connectivity index is 1.48. The zero-order chi connectivity index (χ0) is 24.2. The highest BCUT2D eigenvalue weighted by Gasteiger charge is 2.11. The number of hydrogen-bond acceptors (Lipinski definition) is 5. The van der Waals surface area contributed by atoms with Crippen LogP contribution in [0.5, 0.6) is 5.75 Å². The van der Waals surface area contributed by atoms with Crippen LogP contribution in [-0.2, 0) is 6.42 Å². The second-order valence-electron chi connectivity index (χ2n) is 8.36. The summed E-state index contributed by atoms with van der Waals surface area (Å²) in [6.45, 7) is 2.24. The number of hydrogen-bond donors (Lipinski definition) is 0. The predicted octanol–water partition coefficient (Wildman–Crippen LogP) is 7.06. The molecule has 0 atom stereocenters. The van der Waals surface area contributed by atoms with E-state index < -0.39 is 11.8 Å². The van der Waals surface area contributed by atoms with Gasteiger partial charge in [-0.2, -0.15) is 15.5 Å². The second kappa shape index (κ2) is 13.2. The molecule has 0 saturated heterocycles. The van der Waals surface area contributed by atoms with Crippen molar-refractivity contribution >= 4 is 5.97 Å². The molecule has 0 N–H and O–H groups in total. The maximum absolute atomic E-state index is 13.7. The second-order valence-corrected chi connectivity index (χ2v) is 8.36. The van der Waals surface area contributed by atoms with Crippen LogP contribution in [0.2, 0.25) is 0 Å². The summed E-state index contributed by atoms with van der Waals surface area (Å²) < 4.78 is 18.9. The fourth-order valence-electron chi connectivity index (χ4n) is 3.68. The highest BCUT2D eigenvalue weighted by Crippen LogP contribution is 2.20. The van der Waals surface area contributed by atoms with E-state index in [2.05, 4.69) is 17.1 Å². The van der Waals surface area contributed by atoms with Crippen LogP contribution < -0.4 is 4.74 Å². The number of benzene rings is 2. The number of carbonyl (C=O) groups is 1. The van der Waals surface area contributed by atoms with Crippen molar-refractivity contribution in [3.05, 3.63) is 77.2 Å². The van der Waals surface area contributed by atoms with Gasteiger partial charge in [-0.15, -0.1) is 0 Å². The van der Waals surface area contributed by atoms with E-state index in [4.69, 9.17) is 10.00 Å². The number of nitrogens with zero attached hydrogens (tertiary/aromatic N) is 3. The zero-order valence-corrected chi connectivity index (χ0v) is 19.6. The Bertz CT molecular complexity index is 1110. The van der Waals surface area contributed by atoms with E-state index in [1.54, 1.807) is 30.3 Å². The molecule has 0 aliphatic heterocycles. The van der Waals surface area contributed by atoms with E-state index >= 15 is 0 Å². The van der Waals surface area contributed by atoms with E-state index in [0.29, 0.717) is 5.56 Å². The van der Waals surface area contributed by atoms with E-state index in [-0.39, 0.29) is 11.3 Å². The Labute approximate surface area is 200 Å². The number of esters is 1. The van der Waals surface area contributed by atoms with Crippen molar-refractivity contribution in [1.29, 1.82) is 5.26 Å². The van der Waals surface area contributed by atoms with Crippen molar-refractivity contribution in [3.63, 3.8) is 0 Å². The third kappa shape index (κ3) is 7.48. The number of aryl methyl sites for hydroxylation is 1. The molecule has 3 rings (SSSR count). The molecule has 1 aromatic heterocycles. The summed E-state index contributed by atoms with van der Waals surface area (Å²) in [5.74, 6) is -1.29. The van der Waals surface area contributed by atoms with E-state index in [1.807, 2.05) is 12.1 Å². The molecule has 0 fully saturated rings. The molecular weight excluding hydrogens is 429 g/mol. The Morgan fingerprint density at radius 2 is 1.62 bits per heavy atom. The molecule has 0 bridgehead atoms. The lowest BCUT2D eigenvalue weighted by Gasteiger charge is -2.06. The molecule has 0 unspecified atom stereocenters. The first-order valence-electron chi connectivity index (χ1n) is 12.0. The number of carbonyl (C=O) groups excluding carboxylic acids is 1. The molecule has 34 heavy (non-hydrogen) atoms. The van der Waals surface area contributed by atoms with Crippen molar-refractivity contribution in [2.75, 3.05) is 0 Å². The number of aromatic nitrogens is 2. The SMILES string of the molecule is CCCCCCCCCCc1ccc(-c2ccc(C(=O)Oc3ccc(C#N)c(F)c3)cc2)nn1. The number of unbranched alkanes of at least 4 members (excludes halogenated alkanes) is 7. The first-order valence-corrected chi connectivity index (χ1v) is 12.0. The van der Waals surface area contributed by atoms with Crippen molar-refractivity contribution in [2.24, 2.45) is 0 Å². The lowest BCUT2D eigenvalue weighted by Crippen LogP contribution is -2.08. The largest absolute Gasteiger partial charge is 0.423 e. The molecule has 0 aliphatic rings. The summed E-state index contributed by atoms with van der Waals surface area (Å²) >= 11 is 0. The van der Waals surface area contributed by atoms with Crippen LogP contribution in [0.3, 0.4) is 0 Å². The van der Waals surface area contributed by atoms with Gasteiger partial charge in [-0.1, -0.05) is 64.0 Å². The van der Waals surface area contributed by atoms with Crippen LogP contribution in [0.15, 0.2) is 54.6 Å². The van der Waals surface area contributed by atoms with Gasteiger partial charge >= 0.3 is 5.97 Å². The summed E-state index contributed by atoms with van der Waals surface area (Å²) in [5, 5.41) is 17.5. The summed E-state index contributed by atoms with van der Waals surface area (Å²) in [6, 6.07) is 16.2. The first kappa shape index (κ1) is 25.0. The number of nitriles is 1. The summed E-state index contributed by atoms with van der Waals surface area (Å²) in [5.41, 5.74) is 2.78. The minimum Gasteiger partial charge on any atom is -0.423 e. The molecule has 1 heterocycles. The third-order valence-electron chi connectivity index (χ3n) is 5.69. The molecule has 0 aliphatic carbocycles. The van der Waals surface area contributed by atoms with E-state index in [1.165, 1.54) is 57.1 Å². The Hall–Kier alpha value is -3.59. The van der Waals surface area contributed by atoms with Gasteiger partial charge in [-0.25, -0.2) is 9.18 Å². The van der Waals surface area contributed by atoms with Gasteiger partial charge in [-0.3, -0.25) is 0 Å². The van der Waals surface area contributed by atoms with Crippen LogP contribution in [0.25, 0.3) is 11.3 Å². The van der Waals surface area contributed by atoms with Crippen LogP contribution in [0.1, 0.15) is 79.9 Å².